The zero-order valence-electron chi connectivity index (χ0n) is 5.12. The van der Waals surface area contributed by atoms with Gasteiger partial charge in [0.15, 0.2) is 0 Å². The summed E-state index contributed by atoms with van der Waals surface area (Å²) < 4.78 is 0. The largest absolute Gasteiger partial charge is 0.281 e. The van der Waals surface area contributed by atoms with Crippen LogP contribution in [-0.2, 0) is 4.79 Å². The molecule has 0 saturated heterocycles. The van der Waals surface area contributed by atoms with E-state index < -0.39 is 15.5 Å². The molecule has 0 aliphatic heterocycles. The Bertz CT molecular complexity index is 119. The first-order chi connectivity index (χ1) is 3.89. The van der Waals surface area contributed by atoms with Crippen LogP contribution < -0.4 is 0 Å². The van der Waals surface area contributed by atoms with Gasteiger partial charge in [-0.1, -0.05) is 0 Å². The van der Waals surface area contributed by atoms with E-state index in [1.165, 1.54) is 0 Å². The molecule has 0 fully saturated rings. The van der Waals surface area contributed by atoms with Gasteiger partial charge in [-0.3, -0.25) is 4.79 Å². The van der Waals surface area contributed by atoms with E-state index in [1.807, 2.05) is 0 Å². The molecule has 0 unspecified atom stereocenters. The molecule has 0 heterocycles. The molecule has 0 aromatic carbocycles. The lowest BCUT2D eigenvalue weighted by molar-refractivity contribution is -0.118. The maximum atomic E-state index is 10.5. The molecule has 9 heavy (non-hydrogen) atoms. The van der Waals surface area contributed by atoms with Crippen LogP contribution in [0, 0.1) is 5.41 Å². The Balaban J connectivity index is 4.19. The third kappa shape index (κ3) is 2.32. The summed E-state index contributed by atoms with van der Waals surface area (Å²) in [4.78, 5) is 9.76. The highest BCUT2D eigenvalue weighted by molar-refractivity contribution is 6.66. The van der Waals surface area contributed by atoms with Crippen molar-refractivity contribution >= 4 is 40.0 Å². The van der Waals surface area contributed by atoms with Crippen LogP contribution in [0.15, 0.2) is 0 Å². The van der Waals surface area contributed by atoms with E-state index in [2.05, 4.69) is 0 Å². The third-order valence-electron chi connectivity index (χ3n) is 1.05. The van der Waals surface area contributed by atoms with Crippen molar-refractivity contribution in [3.05, 3.63) is 0 Å². The second-order valence-corrected chi connectivity index (χ2v) is 3.74. The predicted octanol–water partition coefficient (Wildman–Crippen LogP) is 2.58. The predicted molar refractivity (Wildman–Crippen MR) is 40.1 cm³/mol. The van der Waals surface area contributed by atoms with Crippen molar-refractivity contribution in [3.63, 3.8) is 0 Å². The van der Waals surface area contributed by atoms with Crippen molar-refractivity contribution in [2.45, 2.75) is 18.7 Å². The minimum atomic E-state index is -0.843. The lowest BCUT2D eigenvalue weighted by atomic mass is 9.99. The molecule has 0 aromatic heterocycles. The molecule has 0 rings (SSSR count). The van der Waals surface area contributed by atoms with Gasteiger partial charge < -0.3 is 0 Å². The van der Waals surface area contributed by atoms with Gasteiger partial charge in [0.25, 0.3) is 0 Å². The molecule has 0 N–H and O–H groups in total. The Kier molecular flexibility index (Phi) is 3.27. The van der Waals surface area contributed by atoms with E-state index in [4.69, 9.17) is 34.8 Å². The van der Waals surface area contributed by atoms with Gasteiger partial charge in [-0.25, -0.2) is 0 Å². The average Bonchev–Trinajstić information content (AvgIpc) is 1.65. The van der Waals surface area contributed by atoms with Crippen LogP contribution in [0.3, 0.4) is 0 Å². The molecule has 1 nitrogen and oxygen atoms in total. The number of carbonyl (C=O) groups is 1. The summed E-state index contributed by atoms with van der Waals surface area (Å²) in [5.41, 5.74) is -0.843. The summed E-state index contributed by atoms with van der Waals surface area (Å²) in [5, 5.41) is -0.516. The second-order valence-electron chi connectivity index (χ2n) is 2.30. The van der Waals surface area contributed by atoms with E-state index in [1.54, 1.807) is 13.8 Å². The van der Waals surface area contributed by atoms with Gasteiger partial charge in [0.2, 0.25) is 5.24 Å². The highest BCUT2D eigenvalue weighted by Crippen LogP contribution is 2.30. The average molecular weight is 189 g/mol. The van der Waals surface area contributed by atoms with E-state index in [-0.39, 0.29) is 0 Å². The highest BCUT2D eigenvalue weighted by atomic mass is 35.5. The molecule has 0 bridgehead atoms. The lowest BCUT2D eigenvalue weighted by Gasteiger charge is -2.19. The minimum Gasteiger partial charge on any atom is -0.281 e. The van der Waals surface area contributed by atoms with Crippen molar-refractivity contribution in [3.8, 4) is 0 Å². The molecular weight excluding hydrogens is 182 g/mol. The van der Waals surface area contributed by atoms with E-state index in [0.29, 0.717) is 0 Å². The summed E-state index contributed by atoms with van der Waals surface area (Å²) in [6.07, 6.45) is 0. The van der Waals surface area contributed by atoms with Crippen LogP contribution in [0.25, 0.3) is 0 Å². The molecule has 0 amide bonds. The fourth-order valence-electron chi connectivity index (χ4n) is 0.0858. The van der Waals surface area contributed by atoms with Crippen LogP contribution in [0.2, 0.25) is 0 Å². The maximum absolute atomic E-state index is 10.5. The Morgan fingerprint density at radius 2 is 1.78 bits per heavy atom. The second kappa shape index (κ2) is 3.09. The molecule has 4 heteroatoms. The van der Waals surface area contributed by atoms with Crippen molar-refractivity contribution in [2.24, 2.45) is 5.41 Å². The quantitative estimate of drug-likeness (QED) is 0.482. The summed E-state index contributed by atoms with van der Waals surface area (Å²) >= 11 is 16.0. The normalized spacial score (nSPS) is 12.2. The topological polar surface area (TPSA) is 17.1 Å². The Hall–Kier alpha value is 0.540. The number of hydrogen-bond donors (Lipinski definition) is 0. The number of hydrogen-bond acceptors (Lipinski definition) is 1. The van der Waals surface area contributed by atoms with E-state index in [9.17, 15) is 4.79 Å². The Labute approximate surface area is 69.3 Å². The fraction of sp³-hybridized carbons (Fsp3) is 0.800. The SMILES string of the molecule is CC(C)(C(=O)Cl)C(Cl)Cl. The van der Waals surface area contributed by atoms with Gasteiger partial charge in [0.1, 0.15) is 4.84 Å². The lowest BCUT2D eigenvalue weighted by Crippen LogP contribution is -2.26. The van der Waals surface area contributed by atoms with E-state index in [0.717, 1.165) is 0 Å². The van der Waals surface area contributed by atoms with Crippen LogP contribution in [0.4, 0.5) is 0 Å². The van der Waals surface area contributed by atoms with Gasteiger partial charge in [0.05, 0.1) is 5.41 Å². The van der Waals surface area contributed by atoms with Gasteiger partial charge >= 0.3 is 0 Å². The first-order valence-electron chi connectivity index (χ1n) is 2.37. The number of rotatable bonds is 2. The summed E-state index contributed by atoms with van der Waals surface area (Å²) in [5.74, 6) is 0. The van der Waals surface area contributed by atoms with Crippen LogP contribution >= 0.6 is 34.8 Å². The van der Waals surface area contributed by atoms with Crippen LogP contribution in [-0.4, -0.2) is 10.1 Å². The van der Waals surface area contributed by atoms with Crippen molar-refractivity contribution in [1.82, 2.24) is 0 Å². The molecular formula is C5H7Cl3O. The zero-order valence-corrected chi connectivity index (χ0v) is 7.39. The van der Waals surface area contributed by atoms with E-state index >= 15 is 0 Å². The molecule has 0 aliphatic carbocycles. The van der Waals surface area contributed by atoms with Crippen LogP contribution in [0.1, 0.15) is 13.8 Å². The summed E-state index contributed by atoms with van der Waals surface area (Å²) in [6, 6.07) is 0. The standard InChI is InChI=1S/C5H7Cl3O/c1-5(2,3(6)7)4(8)9/h3H,1-2H3. The van der Waals surface area contributed by atoms with Gasteiger partial charge in [0, 0.05) is 0 Å². The summed E-state index contributed by atoms with van der Waals surface area (Å²) in [7, 11) is 0. The van der Waals surface area contributed by atoms with Gasteiger partial charge in [-0.05, 0) is 25.4 Å². The summed E-state index contributed by atoms with van der Waals surface area (Å²) in [6.45, 7) is 3.18. The van der Waals surface area contributed by atoms with Gasteiger partial charge in [-0.15, -0.1) is 23.2 Å². The maximum Gasteiger partial charge on any atom is 0.229 e. The Morgan fingerprint density at radius 1 is 1.44 bits per heavy atom. The number of carbonyl (C=O) groups excluding carboxylic acids is 1. The van der Waals surface area contributed by atoms with Crippen molar-refractivity contribution in [1.29, 1.82) is 0 Å². The third-order valence-corrected chi connectivity index (χ3v) is 2.63. The molecule has 0 saturated carbocycles. The molecule has 0 aliphatic rings. The monoisotopic (exact) mass is 188 g/mol. The molecule has 0 atom stereocenters. The van der Waals surface area contributed by atoms with Crippen LogP contribution in [0.5, 0.6) is 0 Å². The molecule has 54 valence electrons. The van der Waals surface area contributed by atoms with Crippen molar-refractivity contribution < 1.29 is 4.79 Å². The molecule has 0 spiro atoms. The van der Waals surface area contributed by atoms with Gasteiger partial charge in [-0.2, -0.15) is 0 Å². The highest BCUT2D eigenvalue weighted by Gasteiger charge is 2.32. The fourth-order valence-corrected chi connectivity index (χ4v) is 0.505. The van der Waals surface area contributed by atoms with Crippen molar-refractivity contribution in [2.75, 3.05) is 0 Å². The first kappa shape index (κ1) is 9.54. The zero-order chi connectivity index (χ0) is 7.65. The Morgan fingerprint density at radius 3 is 1.78 bits per heavy atom. The number of halogens is 3. The minimum absolute atomic E-state index is 0.516. The molecule has 0 radical (unpaired) electrons. The smallest absolute Gasteiger partial charge is 0.229 e. The molecule has 0 aromatic rings. The first-order valence-corrected chi connectivity index (χ1v) is 3.62. The number of alkyl halides is 2.